The van der Waals surface area contributed by atoms with Crippen molar-refractivity contribution in [3.63, 3.8) is 0 Å². The molecule has 0 aromatic carbocycles. The highest BCUT2D eigenvalue weighted by atomic mass is 31.1. The molecule has 3 aromatic heterocycles. The van der Waals surface area contributed by atoms with Crippen molar-refractivity contribution in [2.45, 2.75) is 61.2 Å². The van der Waals surface area contributed by atoms with Crippen LogP contribution in [0, 0.1) is 17.8 Å². The summed E-state index contributed by atoms with van der Waals surface area (Å²) >= 11 is 0. The molecule has 0 saturated heterocycles. The van der Waals surface area contributed by atoms with Gasteiger partial charge in [0.2, 0.25) is 0 Å². The van der Waals surface area contributed by atoms with Crippen LogP contribution in [0.15, 0.2) is 55.0 Å². The lowest BCUT2D eigenvalue weighted by atomic mass is 10.2. The average molecular weight is 398 g/mol. The molecule has 0 fully saturated rings. The zero-order chi connectivity index (χ0) is 20.3. The van der Waals surface area contributed by atoms with E-state index < -0.39 is 7.92 Å². The number of aromatic nitrogens is 3. The van der Waals surface area contributed by atoms with E-state index in [-0.39, 0.29) is 0 Å². The van der Waals surface area contributed by atoms with Gasteiger partial charge in [-0.05, 0) is 54.2 Å². The Kier molecular flexibility index (Phi) is 6.88. The summed E-state index contributed by atoms with van der Waals surface area (Å²) in [5, 5.41) is 0. The Morgan fingerprint density at radius 2 is 0.857 bits per heavy atom. The molecule has 3 nitrogen and oxygen atoms in total. The van der Waals surface area contributed by atoms with Gasteiger partial charge in [0.25, 0.3) is 0 Å². The summed E-state index contributed by atoms with van der Waals surface area (Å²) in [7, 11) is -0.600. The number of hydrogen-bond acceptors (Lipinski definition) is 0. The lowest BCUT2D eigenvalue weighted by molar-refractivity contribution is 0.529. The van der Waals surface area contributed by atoms with Crippen LogP contribution in [0.5, 0.6) is 0 Å². The summed E-state index contributed by atoms with van der Waals surface area (Å²) in [4.78, 5) is 0. The Morgan fingerprint density at radius 3 is 1.11 bits per heavy atom. The van der Waals surface area contributed by atoms with Crippen molar-refractivity contribution in [2.75, 3.05) is 0 Å². The SMILES string of the molecule is CC(C)Cn1cccc1P(c1cccn1CC(C)C)c1cccn1CC(C)C. The highest BCUT2D eigenvalue weighted by molar-refractivity contribution is 7.79. The fourth-order valence-electron chi connectivity index (χ4n) is 3.82. The second-order valence-corrected chi connectivity index (χ2v) is 11.1. The highest BCUT2D eigenvalue weighted by Crippen LogP contribution is 2.34. The zero-order valence-electron chi connectivity index (χ0n) is 18.3. The lowest BCUT2D eigenvalue weighted by Gasteiger charge is -2.25. The molecule has 28 heavy (non-hydrogen) atoms. The summed E-state index contributed by atoms with van der Waals surface area (Å²) in [6.07, 6.45) is 6.78. The minimum atomic E-state index is -0.600. The highest BCUT2D eigenvalue weighted by Gasteiger charge is 2.26. The molecule has 0 aliphatic rings. The fraction of sp³-hybridized carbons (Fsp3) is 0.500. The van der Waals surface area contributed by atoms with Gasteiger partial charge in [0, 0.05) is 46.1 Å². The first-order valence-corrected chi connectivity index (χ1v) is 12.0. The third-order valence-corrected chi connectivity index (χ3v) is 7.38. The molecule has 3 rings (SSSR count). The van der Waals surface area contributed by atoms with Gasteiger partial charge in [-0.25, -0.2) is 0 Å². The van der Waals surface area contributed by atoms with Crippen LogP contribution in [0.3, 0.4) is 0 Å². The molecule has 0 aliphatic carbocycles. The van der Waals surface area contributed by atoms with Crippen LogP contribution in [0.25, 0.3) is 0 Å². The van der Waals surface area contributed by atoms with Gasteiger partial charge in [-0.2, -0.15) is 0 Å². The molecular formula is C24H36N3P. The minimum absolute atomic E-state index is 0.600. The second-order valence-electron chi connectivity index (χ2n) is 9.07. The maximum absolute atomic E-state index is 2.48. The first-order valence-electron chi connectivity index (χ1n) is 10.6. The maximum atomic E-state index is 2.48. The van der Waals surface area contributed by atoms with Gasteiger partial charge >= 0.3 is 0 Å². The largest absolute Gasteiger partial charge is 0.347 e. The van der Waals surface area contributed by atoms with Gasteiger partial charge in [-0.1, -0.05) is 41.5 Å². The predicted molar refractivity (Wildman–Crippen MR) is 124 cm³/mol. The van der Waals surface area contributed by atoms with Gasteiger partial charge in [0.15, 0.2) is 0 Å². The number of hydrogen-bond donors (Lipinski definition) is 0. The van der Waals surface area contributed by atoms with E-state index in [0.717, 1.165) is 19.6 Å². The molecule has 0 atom stereocenters. The van der Waals surface area contributed by atoms with Gasteiger partial charge in [-0.3, -0.25) is 0 Å². The van der Waals surface area contributed by atoms with Gasteiger partial charge in [0.1, 0.15) is 0 Å². The van der Waals surface area contributed by atoms with Crippen molar-refractivity contribution >= 4 is 24.2 Å². The van der Waals surface area contributed by atoms with Gasteiger partial charge < -0.3 is 13.7 Å². The lowest BCUT2D eigenvalue weighted by Crippen LogP contribution is -2.34. The molecule has 0 bridgehead atoms. The van der Waals surface area contributed by atoms with Crippen LogP contribution in [0.4, 0.5) is 0 Å². The molecule has 0 saturated carbocycles. The topological polar surface area (TPSA) is 14.8 Å². The van der Waals surface area contributed by atoms with E-state index in [1.807, 2.05) is 0 Å². The molecule has 0 amide bonds. The standard InChI is InChI=1S/C24H36N3P/c1-19(2)16-25-13-7-10-22(25)28(23-11-8-14-26(23)17-20(3)4)24-12-9-15-27(24)18-21(5)6/h7-15,19-21H,16-18H2,1-6H3. The molecule has 3 heterocycles. The molecule has 152 valence electrons. The van der Waals surface area contributed by atoms with Crippen molar-refractivity contribution in [1.29, 1.82) is 0 Å². The van der Waals surface area contributed by atoms with Crippen LogP contribution in [0.1, 0.15) is 41.5 Å². The Balaban J connectivity index is 2.12. The molecule has 4 heteroatoms. The Morgan fingerprint density at radius 1 is 0.571 bits per heavy atom. The van der Waals surface area contributed by atoms with Gasteiger partial charge in [-0.15, -0.1) is 0 Å². The Hall–Kier alpha value is -1.73. The first-order chi connectivity index (χ1) is 13.4. The fourth-order valence-corrected chi connectivity index (χ4v) is 6.44. The molecule has 0 N–H and O–H groups in total. The normalized spacial score (nSPS) is 12.2. The summed E-state index contributed by atoms with van der Waals surface area (Å²) in [5.41, 5.74) is 4.36. The molecular weight excluding hydrogens is 361 g/mol. The monoisotopic (exact) mass is 397 g/mol. The van der Waals surface area contributed by atoms with Gasteiger partial charge in [0.05, 0.1) is 16.3 Å². The summed E-state index contributed by atoms with van der Waals surface area (Å²) in [6, 6.07) is 13.7. The van der Waals surface area contributed by atoms with Crippen LogP contribution < -0.4 is 16.3 Å². The van der Waals surface area contributed by atoms with E-state index in [0.29, 0.717) is 17.8 Å². The van der Waals surface area contributed by atoms with E-state index in [9.17, 15) is 0 Å². The van der Waals surface area contributed by atoms with Crippen molar-refractivity contribution in [2.24, 2.45) is 17.8 Å². The first kappa shape index (κ1) is 21.0. The third kappa shape index (κ3) is 4.81. The van der Waals surface area contributed by atoms with E-state index in [1.165, 1.54) is 16.3 Å². The van der Waals surface area contributed by atoms with E-state index in [4.69, 9.17) is 0 Å². The molecule has 0 radical (unpaired) electrons. The third-order valence-electron chi connectivity index (χ3n) is 4.79. The van der Waals surface area contributed by atoms with E-state index in [2.05, 4.69) is 110 Å². The number of nitrogens with zero attached hydrogens (tertiary/aromatic N) is 3. The van der Waals surface area contributed by atoms with Crippen LogP contribution >= 0.6 is 7.92 Å². The van der Waals surface area contributed by atoms with Crippen molar-refractivity contribution in [3.8, 4) is 0 Å². The second kappa shape index (κ2) is 9.18. The zero-order valence-corrected chi connectivity index (χ0v) is 19.2. The van der Waals surface area contributed by atoms with Crippen LogP contribution in [-0.4, -0.2) is 13.7 Å². The molecule has 0 unspecified atom stereocenters. The maximum Gasteiger partial charge on any atom is 0.0532 e. The molecule has 0 aliphatic heterocycles. The molecule has 3 aromatic rings. The minimum Gasteiger partial charge on any atom is -0.347 e. The summed E-state index contributed by atoms with van der Waals surface area (Å²) in [6.45, 7) is 17.0. The number of rotatable bonds is 9. The summed E-state index contributed by atoms with van der Waals surface area (Å²) in [5.74, 6) is 1.90. The smallest absolute Gasteiger partial charge is 0.0532 e. The van der Waals surface area contributed by atoms with Crippen molar-refractivity contribution < 1.29 is 0 Å². The van der Waals surface area contributed by atoms with Crippen molar-refractivity contribution in [3.05, 3.63) is 55.0 Å². The average Bonchev–Trinajstić information content (AvgIpc) is 3.31. The van der Waals surface area contributed by atoms with E-state index >= 15 is 0 Å². The predicted octanol–water partition coefficient (Wildman–Crippen LogP) is 4.82. The summed E-state index contributed by atoms with van der Waals surface area (Å²) < 4.78 is 7.45. The van der Waals surface area contributed by atoms with Crippen molar-refractivity contribution in [1.82, 2.24) is 13.7 Å². The Labute approximate surface area is 172 Å². The Bertz CT molecular complexity index is 751. The molecule has 0 spiro atoms. The van der Waals surface area contributed by atoms with E-state index in [1.54, 1.807) is 0 Å². The van der Waals surface area contributed by atoms with Crippen LogP contribution in [-0.2, 0) is 19.6 Å². The quantitative estimate of drug-likeness (QED) is 0.460. The van der Waals surface area contributed by atoms with Crippen LogP contribution in [0.2, 0.25) is 0 Å².